The van der Waals surface area contributed by atoms with Gasteiger partial charge in [0.05, 0.1) is 15.5 Å². The van der Waals surface area contributed by atoms with Crippen LogP contribution in [-0.2, 0) is 0 Å². The molecule has 0 radical (unpaired) electrons. The van der Waals surface area contributed by atoms with Crippen molar-refractivity contribution in [3.63, 3.8) is 0 Å². The molecule has 7 nitrogen and oxygen atoms in total. The van der Waals surface area contributed by atoms with Gasteiger partial charge < -0.3 is 0 Å². The molecule has 110 valence electrons. The van der Waals surface area contributed by atoms with Crippen LogP contribution >= 0.6 is 11.8 Å². The molecule has 1 heterocycles. The van der Waals surface area contributed by atoms with E-state index in [-0.39, 0.29) is 5.69 Å². The number of benzene rings is 2. The van der Waals surface area contributed by atoms with Gasteiger partial charge in [-0.2, -0.15) is 4.68 Å². The normalized spacial score (nSPS) is 10.6. The standard InChI is InChI=1S/C14H11N5O2S/c1-10-6-2-3-7-11(10)18-14(15-16-17-18)22-13-9-5-4-8-12(13)19(20)21/h2-9H,1H3. The van der Waals surface area contributed by atoms with Gasteiger partial charge in [0.2, 0.25) is 5.16 Å². The number of nitrogens with zero attached hydrogens (tertiary/aromatic N) is 5. The van der Waals surface area contributed by atoms with Gasteiger partial charge in [-0.25, -0.2) is 0 Å². The van der Waals surface area contributed by atoms with Crippen molar-refractivity contribution in [3.8, 4) is 5.69 Å². The number of aryl methyl sites for hydroxylation is 1. The van der Waals surface area contributed by atoms with Crippen molar-refractivity contribution in [1.29, 1.82) is 0 Å². The Labute approximate surface area is 130 Å². The average molecular weight is 313 g/mol. The lowest BCUT2D eigenvalue weighted by Gasteiger charge is -2.07. The summed E-state index contributed by atoms with van der Waals surface area (Å²) in [5.41, 5.74) is 1.89. The second-order valence-electron chi connectivity index (χ2n) is 4.49. The van der Waals surface area contributed by atoms with Crippen molar-refractivity contribution in [2.45, 2.75) is 17.0 Å². The molecule has 3 rings (SSSR count). The summed E-state index contributed by atoms with van der Waals surface area (Å²) >= 11 is 1.16. The molecule has 0 saturated carbocycles. The van der Waals surface area contributed by atoms with E-state index in [1.807, 2.05) is 31.2 Å². The average Bonchev–Trinajstić information content (AvgIpc) is 2.96. The third kappa shape index (κ3) is 2.68. The van der Waals surface area contributed by atoms with Gasteiger partial charge in [-0.3, -0.25) is 10.1 Å². The molecule has 0 amide bonds. The zero-order valence-corrected chi connectivity index (χ0v) is 12.4. The smallest absolute Gasteiger partial charge is 0.258 e. The first-order valence-electron chi connectivity index (χ1n) is 6.42. The van der Waals surface area contributed by atoms with Crippen molar-refractivity contribution >= 4 is 17.4 Å². The predicted octanol–water partition coefficient (Wildman–Crippen LogP) is 3.03. The first-order valence-corrected chi connectivity index (χ1v) is 7.24. The van der Waals surface area contributed by atoms with Gasteiger partial charge in [-0.05, 0) is 46.8 Å². The van der Waals surface area contributed by atoms with Crippen LogP contribution in [0.5, 0.6) is 0 Å². The van der Waals surface area contributed by atoms with Crippen molar-refractivity contribution in [3.05, 3.63) is 64.2 Å². The van der Waals surface area contributed by atoms with Crippen LogP contribution in [0.3, 0.4) is 0 Å². The fourth-order valence-corrected chi connectivity index (χ4v) is 2.88. The van der Waals surface area contributed by atoms with E-state index in [0.717, 1.165) is 23.0 Å². The molecule has 0 aliphatic rings. The van der Waals surface area contributed by atoms with Gasteiger partial charge in [-0.1, -0.05) is 30.3 Å². The molecule has 0 bridgehead atoms. The van der Waals surface area contributed by atoms with E-state index in [0.29, 0.717) is 10.1 Å². The Morgan fingerprint density at radius 1 is 1.14 bits per heavy atom. The van der Waals surface area contributed by atoms with Crippen LogP contribution in [0, 0.1) is 17.0 Å². The second-order valence-corrected chi connectivity index (χ2v) is 5.50. The number of nitro benzene ring substituents is 1. The van der Waals surface area contributed by atoms with E-state index in [4.69, 9.17) is 0 Å². The highest BCUT2D eigenvalue weighted by Gasteiger charge is 2.18. The van der Waals surface area contributed by atoms with Crippen molar-refractivity contribution in [2.75, 3.05) is 0 Å². The molecule has 1 aromatic heterocycles. The Morgan fingerprint density at radius 2 is 1.86 bits per heavy atom. The summed E-state index contributed by atoms with van der Waals surface area (Å²) < 4.78 is 1.58. The molecule has 0 unspecified atom stereocenters. The lowest BCUT2D eigenvalue weighted by atomic mass is 10.2. The van der Waals surface area contributed by atoms with Gasteiger partial charge in [0.1, 0.15) is 0 Å². The van der Waals surface area contributed by atoms with E-state index in [2.05, 4.69) is 15.5 Å². The van der Waals surface area contributed by atoms with Crippen LogP contribution in [-0.4, -0.2) is 25.1 Å². The maximum atomic E-state index is 11.1. The Morgan fingerprint density at radius 3 is 2.64 bits per heavy atom. The molecule has 2 aromatic carbocycles. The highest BCUT2D eigenvalue weighted by atomic mass is 32.2. The summed E-state index contributed by atoms with van der Waals surface area (Å²) in [6.45, 7) is 1.95. The van der Waals surface area contributed by atoms with Crippen LogP contribution in [0.15, 0.2) is 58.6 Å². The maximum Gasteiger partial charge on any atom is 0.283 e. The number of aromatic nitrogens is 4. The van der Waals surface area contributed by atoms with Crippen LogP contribution in [0.2, 0.25) is 0 Å². The minimum absolute atomic E-state index is 0.0341. The number of hydrogen-bond acceptors (Lipinski definition) is 6. The molecule has 0 spiro atoms. The van der Waals surface area contributed by atoms with Gasteiger partial charge in [0.25, 0.3) is 5.69 Å². The molecule has 0 N–H and O–H groups in total. The van der Waals surface area contributed by atoms with Gasteiger partial charge in [-0.15, -0.1) is 5.10 Å². The molecule has 3 aromatic rings. The highest BCUT2D eigenvalue weighted by molar-refractivity contribution is 7.99. The Bertz CT molecular complexity index is 833. The molecule has 0 aliphatic heterocycles. The zero-order valence-electron chi connectivity index (χ0n) is 11.6. The number of hydrogen-bond donors (Lipinski definition) is 0. The first-order chi connectivity index (χ1) is 10.7. The fraction of sp³-hybridized carbons (Fsp3) is 0.0714. The van der Waals surface area contributed by atoms with E-state index in [1.165, 1.54) is 6.07 Å². The molecule has 0 fully saturated rings. The highest BCUT2D eigenvalue weighted by Crippen LogP contribution is 2.34. The fourth-order valence-electron chi connectivity index (χ4n) is 1.99. The van der Waals surface area contributed by atoms with Crippen molar-refractivity contribution < 1.29 is 4.92 Å². The topological polar surface area (TPSA) is 86.7 Å². The Kier molecular flexibility index (Phi) is 3.84. The number of para-hydroxylation sites is 2. The van der Waals surface area contributed by atoms with Crippen LogP contribution in [0.1, 0.15) is 5.56 Å². The summed E-state index contributed by atoms with van der Waals surface area (Å²) in [5, 5.41) is 23.2. The van der Waals surface area contributed by atoms with Crippen molar-refractivity contribution in [2.24, 2.45) is 0 Å². The summed E-state index contributed by atoms with van der Waals surface area (Å²) in [5.74, 6) is 0. The molecule has 8 heteroatoms. The molecular weight excluding hydrogens is 302 g/mol. The third-order valence-corrected chi connectivity index (χ3v) is 4.05. The van der Waals surface area contributed by atoms with Gasteiger partial charge >= 0.3 is 0 Å². The third-order valence-electron chi connectivity index (χ3n) is 3.05. The minimum atomic E-state index is -0.412. The summed E-state index contributed by atoms with van der Waals surface area (Å²) in [6.07, 6.45) is 0. The first kappa shape index (κ1) is 14.2. The minimum Gasteiger partial charge on any atom is -0.258 e. The van der Waals surface area contributed by atoms with Gasteiger partial charge in [0.15, 0.2) is 0 Å². The van der Waals surface area contributed by atoms with E-state index >= 15 is 0 Å². The van der Waals surface area contributed by atoms with Crippen molar-refractivity contribution in [1.82, 2.24) is 20.2 Å². The molecule has 0 aliphatic carbocycles. The summed E-state index contributed by atoms with van der Waals surface area (Å²) in [7, 11) is 0. The SMILES string of the molecule is Cc1ccccc1-n1nnnc1Sc1ccccc1[N+](=O)[O-]. The number of rotatable bonds is 4. The lowest BCUT2D eigenvalue weighted by molar-refractivity contribution is -0.387. The Balaban J connectivity index is 2.01. The zero-order chi connectivity index (χ0) is 15.5. The number of nitro groups is 1. The van der Waals surface area contributed by atoms with Crippen LogP contribution < -0.4 is 0 Å². The molecule has 0 saturated heterocycles. The summed E-state index contributed by atoms with van der Waals surface area (Å²) in [4.78, 5) is 11.2. The molecule has 22 heavy (non-hydrogen) atoms. The van der Waals surface area contributed by atoms with Crippen LogP contribution in [0.25, 0.3) is 5.69 Å². The monoisotopic (exact) mass is 313 g/mol. The molecule has 0 atom stereocenters. The second kappa shape index (κ2) is 5.94. The lowest BCUT2D eigenvalue weighted by Crippen LogP contribution is -2.01. The maximum absolute atomic E-state index is 11.1. The molecular formula is C14H11N5O2S. The Hall–Kier alpha value is -2.74. The van der Waals surface area contributed by atoms with E-state index < -0.39 is 4.92 Å². The van der Waals surface area contributed by atoms with Gasteiger partial charge in [0, 0.05) is 6.07 Å². The van der Waals surface area contributed by atoms with E-state index in [1.54, 1.807) is 22.9 Å². The predicted molar refractivity (Wildman–Crippen MR) is 81.1 cm³/mol. The largest absolute Gasteiger partial charge is 0.283 e. The summed E-state index contributed by atoms with van der Waals surface area (Å²) in [6, 6.07) is 14.2. The number of tetrazole rings is 1. The van der Waals surface area contributed by atoms with E-state index in [9.17, 15) is 10.1 Å². The van der Waals surface area contributed by atoms with Crippen LogP contribution in [0.4, 0.5) is 5.69 Å². The quantitative estimate of drug-likeness (QED) is 0.543.